The predicted octanol–water partition coefficient (Wildman–Crippen LogP) is 1.58. The van der Waals surface area contributed by atoms with Crippen molar-refractivity contribution in [2.45, 2.75) is 19.1 Å². The fourth-order valence-electron chi connectivity index (χ4n) is 2.31. The van der Waals surface area contributed by atoms with E-state index in [0.29, 0.717) is 18.9 Å². The van der Waals surface area contributed by atoms with Crippen LogP contribution in [0, 0.1) is 0 Å². The SMILES string of the molecule is CC(NCCOc1ccc(O)c(C(N)=O)c1)C(O)c1ccccc1. The minimum atomic E-state index is -0.712. The highest BCUT2D eigenvalue weighted by molar-refractivity contribution is 5.95. The molecule has 0 saturated heterocycles. The molecule has 0 bridgehead atoms. The highest BCUT2D eigenvalue weighted by atomic mass is 16.5. The van der Waals surface area contributed by atoms with Gasteiger partial charge in [0.15, 0.2) is 0 Å². The van der Waals surface area contributed by atoms with E-state index < -0.39 is 12.0 Å². The summed E-state index contributed by atoms with van der Waals surface area (Å²) in [4.78, 5) is 11.2. The summed E-state index contributed by atoms with van der Waals surface area (Å²) in [5.74, 6) is -0.442. The Bertz CT molecular complexity index is 676. The number of aliphatic hydroxyl groups excluding tert-OH is 1. The number of phenols is 1. The van der Waals surface area contributed by atoms with Gasteiger partial charge in [-0.1, -0.05) is 30.3 Å². The van der Waals surface area contributed by atoms with Gasteiger partial charge in [0.2, 0.25) is 0 Å². The van der Waals surface area contributed by atoms with E-state index in [2.05, 4.69) is 5.32 Å². The summed E-state index contributed by atoms with van der Waals surface area (Å²) in [5.41, 5.74) is 6.04. The van der Waals surface area contributed by atoms with E-state index in [1.165, 1.54) is 12.1 Å². The number of ether oxygens (including phenoxy) is 1. The number of hydrogen-bond acceptors (Lipinski definition) is 5. The second kappa shape index (κ2) is 8.33. The molecule has 0 heterocycles. The Morgan fingerprint density at radius 1 is 1.25 bits per heavy atom. The molecular formula is C18H22N2O4. The van der Waals surface area contributed by atoms with Crippen molar-refractivity contribution in [3.05, 3.63) is 59.7 Å². The fraction of sp³-hybridized carbons (Fsp3) is 0.278. The Kier molecular flexibility index (Phi) is 6.17. The molecule has 24 heavy (non-hydrogen) atoms. The molecule has 0 aliphatic heterocycles. The number of nitrogens with two attached hydrogens (primary N) is 1. The number of hydrogen-bond donors (Lipinski definition) is 4. The molecule has 2 aromatic carbocycles. The maximum Gasteiger partial charge on any atom is 0.252 e. The van der Waals surface area contributed by atoms with Gasteiger partial charge in [-0.2, -0.15) is 0 Å². The second-order valence-corrected chi connectivity index (χ2v) is 5.49. The normalized spacial score (nSPS) is 13.2. The van der Waals surface area contributed by atoms with E-state index in [4.69, 9.17) is 10.5 Å². The Morgan fingerprint density at radius 3 is 2.62 bits per heavy atom. The molecule has 0 saturated carbocycles. The molecule has 6 nitrogen and oxygen atoms in total. The van der Waals surface area contributed by atoms with Crippen LogP contribution < -0.4 is 15.8 Å². The molecule has 0 aliphatic rings. The molecule has 0 aromatic heterocycles. The van der Waals surface area contributed by atoms with Crippen molar-refractivity contribution in [3.8, 4) is 11.5 Å². The maximum absolute atomic E-state index is 11.2. The molecule has 2 unspecified atom stereocenters. The molecule has 0 radical (unpaired) electrons. The molecular weight excluding hydrogens is 308 g/mol. The number of amides is 1. The number of carbonyl (C=O) groups is 1. The zero-order chi connectivity index (χ0) is 17.5. The topological polar surface area (TPSA) is 105 Å². The number of aliphatic hydroxyl groups is 1. The van der Waals surface area contributed by atoms with Crippen LogP contribution in [0.3, 0.4) is 0 Å². The Balaban J connectivity index is 1.80. The van der Waals surface area contributed by atoms with E-state index >= 15 is 0 Å². The van der Waals surface area contributed by atoms with Gasteiger partial charge in [-0.25, -0.2) is 0 Å². The smallest absolute Gasteiger partial charge is 0.252 e. The van der Waals surface area contributed by atoms with Crippen molar-refractivity contribution in [2.75, 3.05) is 13.2 Å². The minimum absolute atomic E-state index is 0.0216. The Labute approximate surface area is 140 Å². The molecule has 0 spiro atoms. The number of benzene rings is 2. The number of carbonyl (C=O) groups excluding carboxylic acids is 1. The summed E-state index contributed by atoms with van der Waals surface area (Å²) < 4.78 is 5.52. The third kappa shape index (κ3) is 4.71. The zero-order valence-electron chi connectivity index (χ0n) is 13.5. The average molecular weight is 330 g/mol. The van der Waals surface area contributed by atoms with E-state index in [1.807, 2.05) is 37.3 Å². The monoisotopic (exact) mass is 330 g/mol. The highest BCUT2D eigenvalue weighted by Gasteiger charge is 2.15. The first-order valence-corrected chi connectivity index (χ1v) is 7.71. The summed E-state index contributed by atoms with van der Waals surface area (Å²) in [7, 11) is 0. The van der Waals surface area contributed by atoms with Crippen LogP contribution in [0.1, 0.15) is 28.9 Å². The van der Waals surface area contributed by atoms with Gasteiger partial charge in [0, 0.05) is 12.6 Å². The lowest BCUT2D eigenvalue weighted by Crippen LogP contribution is -2.35. The molecule has 1 amide bonds. The van der Waals surface area contributed by atoms with Gasteiger partial charge in [0.05, 0.1) is 11.7 Å². The van der Waals surface area contributed by atoms with Crippen LogP contribution in [-0.2, 0) is 0 Å². The first-order valence-electron chi connectivity index (χ1n) is 7.71. The van der Waals surface area contributed by atoms with E-state index in [0.717, 1.165) is 5.56 Å². The zero-order valence-corrected chi connectivity index (χ0v) is 13.5. The van der Waals surface area contributed by atoms with Gasteiger partial charge in [-0.3, -0.25) is 4.79 Å². The highest BCUT2D eigenvalue weighted by Crippen LogP contribution is 2.22. The first-order chi connectivity index (χ1) is 11.5. The predicted molar refractivity (Wildman–Crippen MR) is 91.0 cm³/mol. The number of primary amides is 1. The molecule has 6 heteroatoms. The first kappa shape index (κ1) is 17.8. The lowest BCUT2D eigenvalue weighted by atomic mass is 10.0. The summed E-state index contributed by atoms with van der Waals surface area (Å²) >= 11 is 0. The van der Waals surface area contributed by atoms with E-state index in [1.54, 1.807) is 6.07 Å². The van der Waals surface area contributed by atoms with Crippen LogP contribution in [0.15, 0.2) is 48.5 Å². The Morgan fingerprint density at radius 2 is 1.96 bits per heavy atom. The second-order valence-electron chi connectivity index (χ2n) is 5.49. The molecule has 2 aromatic rings. The van der Waals surface area contributed by atoms with Gasteiger partial charge in [-0.15, -0.1) is 0 Å². The molecule has 5 N–H and O–H groups in total. The molecule has 128 valence electrons. The largest absolute Gasteiger partial charge is 0.507 e. The van der Waals surface area contributed by atoms with Gasteiger partial charge in [-0.05, 0) is 30.7 Å². The van der Waals surface area contributed by atoms with Crippen LogP contribution in [0.2, 0.25) is 0 Å². The molecule has 2 rings (SSSR count). The third-order valence-electron chi connectivity index (χ3n) is 3.69. The quantitative estimate of drug-likeness (QED) is 0.550. The molecule has 2 atom stereocenters. The summed E-state index contributed by atoms with van der Waals surface area (Å²) in [6, 6.07) is 13.6. The van der Waals surface area contributed by atoms with Crippen molar-refractivity contribution in [1.82, 2.24) is 5.32 Å². The van der Waals surface area contributed by atoms with Crippen LogP contribution in [0.4, 0.5) is 0 Å². The van der Waals surface area contributed by atoms with Gasteiger partial charge < -0.3 is 26.0 Å². The van der Waals surface area contributed by atoms with Gasteiger partial charge in [0.25, 0.3) is 5.91 Å². The van der Waals surface area contributed by atoms with Crippen LogP contribution in [0.25, 0.3) is 0 Å². The van der Waals surface area contributed by atoms with Gasteiger partial charge in [0.1, 0.15) is 18.1 Å². The Hall–Kier alpha value is -2.57. The lowest BCUT2D eigenvalue weighted by molar-refractivity contribution is 0.0997. The van der Waals surface area contributed by atoms with Crippen molar-refractivity contribution < 1.29 is 19.7 Å². The van der Waals surface area contributed by atoms with Crippen molar-refractivity contribution in [3.63, 3.8) is 0 Å². The van der Waals surface area contributed by atoms with E-state index in [-0.39, 0.29) is 17.4 Å². The summed E-state index contributed by atoms with van der Waals surface area (Å²) in [5, 5.41) is 23.0. The number of nitrogens with one attached hydrogen (secondary N) is 1. The molecule has 0 aliphatic carbocycles. The van der Waals surface area contributed by atoms with Crippen LogP contribution >= 0.6 is 0 Å². The number of rotatable bonds is 8. The number of aromatic hydroxyl groups is 1. The third-order valence-corrected chi connectivity index (χ3v) is 3.69. The molecule has 0 fully saturated rings. The van der Waals surface area contributed by atoms with Crippen molar-refractivity contribution >= 4 is 5.91 Å². The fourth-order valence-corrected chi connectivity index (χ4v) is 2.31. The van der Waals surface area contributed by atoms with Crippen LogP contribution in [0.5, 0.6) is 11.5 Å². The summed E-state index contributed by atoms with van der Waals surface area (Å²) in [6.07, 6.45) is -0.610. The van der Waals surface area contributed by atoms with Crippen LogP contribution in [-0.4, -0.2) is 35.3 Å². The minimum Gasteiger partial charge on any atom is -0.507 e. The summed E-state index contributed by atoms with van der Waals surface area (Å²) in [6.45, 7) is 2.75. The van der Waals surface area contributed by atoms with Crippen molar-refractivity contribution in [2.24, 2.45) is 5.73 Å². The lowest BCUT2D eigenvalue weighted by Gasteiger charge is -2.20. The van der Waals surface area contributed by atoms with Gasteiger partial charge >= 0.3 is 0 Å². The average Bonchev–Trinajstić information content (AvgIpc) is 2.59. The van der Waals surface area contributed by atoms with Crippen molar-refractivity contribution in [1.29, 1.82) is 0 Å². The van der Waals surface area contributed by atoms with E-state index in [9.17, 15) is 15.0 Å². The standard InChI is InChI=1S/C18H22N2O4/c1-12(17(22)13-5-3-2-4-6-13)20-9-10-24-14-7-8-16(21)15(11-14)18(19)23/h2-8,11-12,17,20-22H,9-10H2,1H3,(H2,19,23). The maximum atomic E-state index is 11.2.